The maximum Gasteiger partial charge on any atom is 0.294 e. The molecule has 0 aliphatic heterocycles. The molecule has 7 heteroatoms. The Morgan fingerprint density at radius 1 is 1.55 bits per heavy atom. The van der Waals surface area contributed by atoms with Crippen LogP contribution < -0.4 is 0 Å². The van der Waals surface area contributed by atoms with Gasteiger partial charge >= 0.3 is 0 Å². The van der Waals surface area contributed by atoms with E-state index >= 15 is 0 Å². The first kappa shape index (κ1) is 11.1. The number of rotatable bonds is 5. The van der Waals surface area contributed by atoms with Gasteiger partial charge in [-0.25, -0.2) is 0 Å². The van der Waals surface area contributed by atoms with Crippen LogP contribution in [0.3, 0.4) is 0 Å². The molecule has 0 fully saturated rings. The Labute approximate surface area is 80.1 Å². The molecule has 0 saturated heterocycles. The normalized spacial score (nSPS) is 15.5. The summed E-state index contributed by atoms with van der Waals surface area (Å²) < 4.78 is 0. The van der Waals surface area contributed by atoms with Crippen molar-refractivity contribution in [3.8, 4) is 0 Å². The molecule has 0 aromatic rings. The van der Waals surface area contributed by atoms with Gasteiger partial charge in [-0.3, -0.25) is 0 Å². The summed E-state index contributed by atoms with van der Waals surface area (Å²) >= 11 is 5.95. The van der Waals surface area contributed by atoms with Gasteiger partial charge in [-0.15, -0.1) is 10.1 Å². The number of nitrogens with zero attached hydrogens (tertiary/aromatic N) is 1. The van der Waals surface area contributed by atoms with Gasteiger partial charge in [-0.2, -0.15) is 0 Å². The molecule has 0 aliphatic rings. The first-order valence-corrected chi connectivity index (χ1v) is 4.97. The summed E-state index contributed by atoms with van der Waals surface area (Å²) in [6.07, 6.45) is -1.69. The highest BCUT2D eigenvalue weighted by atomic mass is 79.9. The van der Waals surface area contributed by atoms with Crippen LogP contribution in [0.5, 0.6) is 0 Å². The maximum atomic E-state index is 9.83. The Morgan fingerprint density at radius 2 is 2.09 bits per heavy atom. The van der Waals surface area contributed by atoms with Gasteiger partial charge in [-0.05, 0) is 0 Å². The van der Waals surface area contributed by atoms with Gasteiger partial charge in [0.15, 0.2) is 0 Å². The second-order valence-corrected chi connectivity index (χ2v) is 3.04. The van der Waals surface area contributed by atoms with Crippen LogP contribution in [-0.2, 0) is 4.84 Å². The fraction of sp³-hybridized carbons (Fsp3) is 1.00. The second kappa shape index (κ2) is 5.73. The summed E-state index contributed by atoms with van der Waals surface area (Å²) in [7, 11) is 0. The largest absolute Gasteiger partial charge is 0.390 e. The average molecular weight is 293 g/mol. The number of alkyl halides is 2. The Morgan fingerprint density at radius 3 is 2.36 bits per heavy atom. The highest BCUT2D eigenvalue weighted by molar-refractivity contribution is 9.09. The average Bonchev–Trinajstić information content (AvgIpc) is 1.98. The van der Waals surface area contributed by atoms with Gasteiger partial charge in [0.25, 0.3) is 5.09 Å². The summed E-state index contributed by atoms with van der Waals surface area (Å²) in [6, 6.07) is 0. The van der Waals surface area contributed by atoms with E-state index in [0.29, 0.717) is 0 Å². The quantitative estimate of drug-likeness (QED) is 0.460. The second-order valence-electron chi connectivity index (χ2n) is 1.74. The van der Waals surface area contributed by atoms with Gasteiger partial charge in [-0.1, -0.05) is 31.9 Å². The fourth-order valence-electron chi connectivity index (χ4n) is 0.411. The lowest BCUT2D eigenvalue weighted by Crippen LogP contribution is -2.33. The third-order valence-electron chi connectivity index (χ3n) is 0.961. The Balaban J connectivity index is 3.84. The highest BCUT2D eigenvalue weighted by Gasteiger charge is 2.20. The van der Waals surface area contributed by atoms with Gasteiger partial charge in [0, 0.05) is 10.7 Å². The Bertz CT molecular complexity index is 133. The van der Waals surface area contributed by atoms with Crippen LogP contribution >= 0.6 is 31.9 Å². The van der Waals surface area contributed by atoms with Crippen molar-refractivity contribution < 1.29 is 15.0 Å². The summed E-state index contributed by atoms with van der Waals surface area (Å²) in [4.78, 5) is 14.0. The molecule has 0 heterocycles. The van der Waals surface area contributed by atoms with Crippen LogP contribution in [0, 0.1) is 10.1 Å². The minimum atomic E-state index is -0.919. The van der Waals surface area contributed by atoms with Crippen molar-refractivity contribution in [2.75, 3.05) is 10.7 Å². The van der Waals surface area contributed by atoms with Crippen molar-refractivity contribution in [1.29, 1.82) is 0 Å². The van der Waals surface area contributed by atoms with Crippen molar-refractivity contribution in [2.45, 2.75) is 12.2 Å². The lowest BCUT2D eigenvalue weighted by molar-refractivity contribution is -0.769. The summed E-state index contributed by atoms with van der Waals surface area (Å²) in [5.41, 5.74) is 0. The van der Waals surface area contributed by atoms with E-state index in [9.17, 15) is 10.1 Å². The molecular formula is C4H7Br2NO4. The molecule has 1 N–H and O–H groups in total. The van der Waals surface area contributed by atoms with Crippen molar-refractivity contribution in [1.82, 2.24) is 0 Å². The van der Waals surface area contributed by atoms with Crippen LogP contribution in [0.25, 0.3) is 0 Å². The molecule has 0 amide bonds. The predicted molar refractivity (Wildman–Crippen MR) is 45.5 cm³/mol. The molecule has 0 spiro atoms. The van der Waals surface area contributed by atoms with E-state index in [2.05, 4.69) is 36.7 Å². The number of halogens is 2. The van der Waals surface area contributed by atoms with Crippen LogP contribution in [-0.4, -0.2) is 33.1 Å². The minimum Gasteiger partial charge on any atom is -0.390 e. The van der Waals surface area contributed by atoms with Crippen LogP contribution in [0.1, 0.15) is 0 Å². The van der Waals surface area contributed by atoms with Gasteiger partial charge < -0.3 is 9.94 Å². The summed E-state index contributed by atoms with van der Waals surface area (Å²) in [5.74, 6) is 0. The number of hydrogen-bond donors (Lipinski definition) is 1. The van der Waals surface area contributed by atoms with Gasteiger partial charge in [0.05, 0.1) is 6.10 Å². The van der Waals surface area contributed by atoms with Crippen molar-refractivity contribution in [3.05, 3.63) is 10.1 Å². The van der Waals surface area contributed by atoms with E-state index in [4.69, 9.17) is 5.11 Å². The van der Waals surface area contributed by atoms with E-state index in [1.54, 1.807) is 0 Å². The first-order valence-electron chi connectivity index (χ1n) is 2.73. The SMILES string of the molecule is O=[N+]([O-])OC(CBr)C(O)CBr. The zero-order chi connectivity index (χ0) is 8.85. The molecule has 11 heavy (non-hydrogen) atoms. The van der Waals surface area contributed by atoms with Crippen molar-refractivity contribution in [3.63, 3.8) is 0 Å². The molecule has 0 aliphatic carbocycles. The molecular weight excluding hydrogens is 286 g/mol. The Hall–Kier alpha value is 0.120. The topological polar surface area (TPSA) is 72.6 Å². The van der Waals surface area contributed by atoms with Crippen molar-refractivity contribution in [2.24, 2.45) is 0 Å². The van der Waals surface area contributed by atoms with Crippen LogP contribution in [0.2, 0.25) is 0 Å². The third kappa shape index (κ3) is 4.54. The summed E-state index contributed by atoms with van der Waals surface area (Å²) in [5, 5.41) is 18.4. The molecule has 2 atom stereocenters. The zero-order valence-electron chi connectivity index (χ0n) is 5.44. The van der Waals surface area contributed by atoms with Crippen LogP contribution in [0.15, 0.2) is 0 Å². The highest BCUT2D eigenvalue weighted by Crippen LogP contribution is 2.06. The maximum absolute atomic E-state index is 9.83. The lowest BCUT2D eigenvalue weighted by Gasteiger charge is -2.15. The van der Waals surface area contributed by atoms with Crippen molar-refractivity contribution >= 4 is 31.9 Å². The fourth-order valence-corrected chi connectivity index (χ4v) is 1.38. The first-order chi connectivity index (χ1) is 5.11. The smallest absolute Gasteiger partial charge is 0.294 e. The molecule has 66 valence electrons. The number of aliphatic hydroxyl groups excluding tert-OH is 1. The molecule has 2 unspecified atom stereocenters. The minimum absolute atomic E-state index is 0.223. The van der Waals surface area contributed by atoms with E-state index < -0.39 is 17.3 Å². The molecule has 0 aromatic heterocycles. The molecule has 0 aromatic carbocycles. The zero-order valence-corrected chi connectivity index (χ0v) is 8.62. The third-order valence-corrected chi connectivity index (χ3v) is 2.26. The molecule has 0 bridgehead atoms. The monoisotopic (exact) mass is 291 g/mol. The molecule has 0 rings (SSSR count). The lowest BCUT2D eigenvalue weighted by atomic mass is 10.3. The Kier molecular flexibility index (Phi) is 5.79. The number of hydrogen-bond acceptors (Lipinski definition) is 4. The molecule has 0 radical (unpaired) electrons. The van der Waals surface area contributed by atoms with E-state index in [0.717, 1.165) is 0 Å². The number of aliphatic hydroxyl groups is 1. The van der Waals surface area contributed by atoms with E-state index in [1.807, 2.05) is 0 Å². The van der Waals surface area contributed by atoms with Gasteiger partial charge in [0.2, 0.25) is 0 Å². The van der Waals surface area contributed by atoms with E-state index in [1.165, 1.54) is 0 Å². The standard InChI is InChI=1S/C4H7Br2NO4/c5-1-3(8)4(2-6)11-7(9)10/h3-4,8H,1-2H2. The van der Waals surface area contributed by atoms with E-state index in [-0.39, 0.29) is 10.7 Å². The van der Waals surface area contributed by atoms with Gasteiger partial charge in [0.1, 0.15) is 6.10 Å². The molecule has 0 saturated carbocycles. The van der Waals surface area contributed by atoms with Crippen LogP contribution in [0.4, 0.5) is 0 Å². The molecule has 5 nitrogen and oxygen atoms in total. The predicted octanol–water partition coefficient (Wildman–Crippen LogP) is 0.714. The summed E-state index contributed by atoms with van der Waals surface area (Å²) in [6.45, 7) is 0.